The third-order valence-corrected chi connectivity index (χ3v) is 3.38. The average Bonchev–Trinajstić information content (AvgIpc) is 2.46. The van der Waals surface area contributed by atoms with Crippen LogP contribution < -0.4 is 4.74 Å². The van der Waals surface area contributed by atoms with Gasteiger partial charge in [0, 0.05) is 0 Å². The molecule has 3 heteroatoms. The fourth-order valence-corrected chi connectivity index (χ4v) is 2.35. The second kappa shape index (κ2) is 6.44. The van der Waals surface area contributed by atoms with Gasteiger partial charge in [0.25, 0.3) is 0 Å². The smallest absolute Gasteiger partial charge is 0.335 e. The van der Waals surface area contributed by atoms with Crippen LogP contribution >= 0.6 is 0 Å². The zero-order valence-corrected chi connectivity index (χ0v) is 12.6. The van der Waals surface area contributed by atoms with Crippen LogP contribution in [0.1, 0.15) is 34.8 Å². The van der Waals surface area contributed by atoms with Gasteiger partial charge in [-0.05, 0) is 66.8 Å². The largest absolute Gasteiger partial charge is 0.493 e. The minimum absolute atomic E-state index is 0.301. The summed E-state index contributed by atoms with van der Waals surface area (Å²) >= 11 is 0. The Balaban J connectivity index is 2.34. The molecule has 0 aromatic heterocycles. The number of carboxylic acids is 1. The Morgan fingerprint density at radius 1 is 1.05 bits per heavy atom. The van der Waals surface area contributed by atoms with Crippen LogP contribution in [0.5, 0.6) is 5.75 Å². The lowest BCUT2D eigenvalue weighted by molar-refractivity contribution is 0.0697. The molecule has 0 unspecified atom stereocenters. The molecule has 110 valence electrons. The molecule has 21 heavy (non-hydrogen) atoms. The molecule has 2 aromatic rings. The molecule has 0 amide bonds. The van der Waals surface area contributed by atoms with Crippen molar-refractivity contribution in [2.24, 2.45) is 0 Å². The summed E-state index contributed by atoms with van der Waals surface area (Å²) in [6.45, 7) is 6.87. The molecule has 0 radical (unpaired) electrons. The van der Waals surface area contributed by atoms with E-state index in [9.17, 15) is 4.79 Å². The molecule has 2 rings (SSSR count). The topological polar surface area (TPSA) is 46.5 Å². The predicted octanol–water partition coefficient (Wildman–Crippen LogP) is 4.46. The first-order valence-electron chi connectivity index (χ1n) is 7.10. The van der Waals surface area contributed by atoms with Gasteiger partial charge in [0.05, 0.1) is 12.2 Å². The van der Waals surface area contributed by atoms with Gasteiger partial charge in [0.15, 0.2) is 0 Å². The van der Waals surface area contributed by atoms with E-state index in [1.165, 1.54) is 0 Å². The first-order chi connectivity index (χ1) is 10.0. The molecular formula is C18H20O3. The number of aryl methyl sites for hydroxylation is 2. The van der Waals surface area contributed by atoms with E-state index >= 15 is 0 Å². The molecule has 0 aliphatic rings. The Labute approximate surface area is 125 Å². The van der Waals surface area contributed by atoms with Crippen molar-refractivity contribution in [1.82, 2.24) is 0 Å². The second-order valence-electron chi connectivity index (χ2n) is 5.17. The Hall–Kier alpha value is -2.29. The summed E-state index contributed by atoms with van der Waals surface area (Å²) in [5.74, 6) is 0.0416. The summed E-state index contributed by atoms with van der Waals surface area (Å²) in [7, 11) is 0. The van der Waals surface area contributed by atoms with Crippen molar-refractivity contribution in [2.75, 3.05) is 6.61 Å². The van der Waals surface area contributed by atoms with Crippen LogP contribution in [0.2, 0.25) is 0 Å². The predicted molar refractivity (Wildman–Crippen MR) is 84.1 cm³/mol. The van der Waals surface area contributed by atoms with Crippen molar-refractivity contribution in [3.05, 3.63) is 53.1 Å². The standard InChI is InChI=1S/C18H20O3/c1-4-9-21-17-12(2)10-16(11-13(17)3)14-5-7-15(8-6-14)18(19)20/h5-8,10-11H,4,9H2,1-3H3,(H,19,20). The monoisotopic (exact) mass is 284 g/mol. The van der Waals surface area contributed by atoms with E-state index in [-0.39, 0.29) is 0 Å². The molecule has 2 aromatic carbocycles. The van der Waals surface area contributed by atoms with Gasteiger partial charge in [-0.15, -0.1) is 0 Å². The first-order valence-corrected chi connectivity index (χ1v) is 7.10. The quantitative estimate of drug-likeness (QED) is 0.881. The Bertz CT molecular complexity index is 619. The molecule has 0 aliphatic carbocycles. The maximum Gasteiger partial charge on any atom is 0.335 e. The molecule has 0 heterocycles. The Morgan fingerprint density at radius 3 is 2.10 bits per heavy atom. The summed E-state index contributed by atoms with van der Waals surface area (Å²) < 4.78 is 5.78. The highest BCUT2D eigenvalue weighted by Gasteiger charge is 2.09. The average molecular weight is 284 g/mol. The van der Waals surface area contributed by atoms with Crippen molar-refractivity contribution >= 4 is 5.97 Å². The van der Waals surface area contributed by atoms with E-state index in [1.807, 2.05) is 26.0 Å². The van der Waals surface area contributed by atoms with E-state index in [2.05, 4.69) is 19.1 Å². The summed E-state index contributed by atoms with van der Waals surface area (Å²) in [6, 6.07) is 11.1. The number of hydrogen-bond acceptors (Lipinski definition) is 2. The second-order valence-corrected chi connectivity index (χ2v) is 5.17. The van der Waals surface area contributed by atoms with E-state index in [1.54, 1.807) is 12.1 Å². The van der Waals surface area contributed by atoms with Gasteiger partial charge in [0.1, 0.15) is 5.75 Å². The number of carbonyl (C=O) groups is 1. The molecule has 0 bridgehead atoms. The van der Waals surface area contributed by atoms with Crippen LogP contribution in [0.25, 0.3) is 11.1 Å². The third-order valence-electron chi connectivity index (χ3n) is 3.38. The highest BCUT2D eigenvalue weighted by molar-refractivity contribution is 5.88. The molecule has 0 aliphatic heterocycles. The van der Waals surface area contributed by atoms with Gasteiger partial charge in [-0.2, -0.15) is 0 Å². The molecule has 3 nitrogen and oxygen atoms in total. The van der Waals surface area contributed by atoms with Gasteiger partial charge < -0.3 is 9.84 Å². The molecule has 1 N–H and O–H groups in total. The Morgan fingerprint density at radius 2 is 1.62 bits per heavy atom. The molecule has 0 atom stereocenters. The minimum Gasteiger partial charge on any atom is -0.493 e. The minimum atomic E-state index is -0.905. The van der Waals surface area contributed by atoms with Crippen molar-refractivity contribution in [3.63, 3.8) is 0 Å². The normalized spacial score (nSPS) is 10.4. The molecule has 0 saturated carbocycles. The van der Waals surface area contributed by atoms with Crippen LogP contribution in [0.3, 0.4) is 0 Å². The van der Waals surface area contributed by atoms with E-state index in [0.29, 0.717) is 12.2 Å². The summed E-state index contributed by atoms with van der Waals surface area (Å²) in [5, 5.41) is 8.94. The fraction of sp³-hybridized carbons (Fsp3) is 0.278. The van der Waals surface area contributed by atoms with Crippen LogP contribution in [-0.4, -0.2) is 17.7 Å². The van der Waals surface area contributed by atoms with Gasteiger partial charge in [-0.3, -0.25) is 0 Å². The maximum atomic E-state index is 10.9. The van der Waals surface area contributed by atoms with Crippen LogP contribution in [-0.2, 0) is 0 Å². The van der Waals surface area contributed by atoms with Crippen LogP contribution in [0.15, 0.2) is 36.4 Å². The first kappa shape index (κ1) is 15.1. The summed E-state index contributed by atoms with van der Waals surface area (Å²) in [5.41, 5.74) is 4.58. The Kier molecular flexibility index (Phi) is 4.63. The SMILES string of the molecule is CCCOc1c(C)cc(-c2ccc(C(=O)O)cc2)cc1C. The van der Waals surface area contributed by atoms with E-state index in [4.69, 9.17) is 9.84 Å². The van der Waals surface area contributed by atoms with Crippen LogP contribution in [0.4, 0.5) is 0 Å². The van der Waals surface area contributed by atoms with Gasteiger partial charge in [0.2, 0.25) is 0 Å². The zero-order valence-electron chi connectivity index (χ0n) is 12.6. The number of rotatable bonds is 5. The van der Waals surface area contributed by atoms with Crippen molar-refractivity contribution < 1.29 is 14.6 Å². The summed E-state index contributed by atoms with van der Waals surface area (Å²) in [6.07, 6.45) is 0.983. The number of carboxylic acid groups (broad SMARTS) is 1. The number of hydrogen-bond donors (Lipinski definition) is 1. The molecular weight excluding hydrogens is 264 g/mol. The number of benzene rings is 2. The van der Waals surface area contributed by atoms with E-state index in [0.717, 1.165) is 34.4 Å². The maximum absolute atomic E-state index is 10.9. The van der Waals surface area contributed by atoms with Crippen molar-refractivity contribution in [2.45, 2.75) is 27.2 Å². The third kappa shape index (κ3) is 3.43. The lowest BCUT2D eigenvalue weighted by Crippen LogP contribution is -1.99. The van der Waals surface area contributed by atoms with Gasteiger partial charge in [-0.25, -0.2) is 4.79 Å². The molecule has 0 spiro atoms. The fourth-order valence-electron chi connectivity index (χ4n) is 2.35. The number of aromatic carboxylic acids is 1. The van der Waals surface area contributed by atoms with Crippen molar-refractivity contribution in [3.8, 4) is 16.9 Å². The lowest BCUT2D eigenvalue weighted by Gasteiger charge is -2.14. The van der Waals surface area contributed by atoms with Crippen molar-refractivity contribution in [1.29, 1.82) is 0 Å². The number of ether oxygens (including phenoxy) is 1. The highest BCUT2D eigenvalue weighted by Crippen LogP contribution is 2.30. The van der Waals surface area contributed by atoms with E-state index < -0.39 is 5.97 Å². The van der Waals surface area contributed by atoms with Gasteiger partial charge in [-0.1, -0.05) is 19.1 Å². The summed E-state index contributed by atoms with van der Waals surface area (Å²) in [4.78, 5) is 10.9. The molecule has 0 fully saturated rings. The highest BCUT2D eigenvalue weighted by atomic mass is 16.5. The lowest BCUT2D eigenvalue weighted by atomic mass is 9.99. The molecule has 0 saturated heterocycles. The zero-order chi connectivity index (χ0) is 15.4. The van der Waals surface area contributed by atoms with Gasteiger partial charge >= 0.3 is 5.97 Å². The van der Waals surface area contributed by atoms with Crippen LogP contribution in [0, 0.1) is 13.8 Å².